The van der Waals surface area contributed by atoms with Crippen LogP contribution in [-0.4, -0.2) is 49.8 Å². The number of rotatable bonds is 3. The van der Waals surface area contributed by atoms with Gasteiger partial charge in [-0.05, 0) is 24.7 Å². The normalized spacial score (nSPS) is 33.8. The molecule has 17 heavy (non-hydrogen) atoms. The van der Waals surface area contributed by atoms with Crippen LogP contribution in [0.15, 0.2) is 0 Å². The van der Waals surface area contributed by atoms with Gasteiger partial charge in [0.15, 0.2) is 0 Å². The van der Waals surface area contributed by atoms with Gasteiger partial charge >= 0.3 is 0 Å². The Balaban J connectivity index is 0.00000144. The summed E-state index contributed by atoms with van der Waals surface area (Å²) >= 11 is 0. The molecule has 3 unspecified atom stereocenters. The van der Waals surface area contributed by atoms with E-state index in [-0.39, 0.29) is 18.4 Å². The van der Waals surface area contributed by atoms with Crippen LogP contribution >= 0.6 is 12.4 Å². The SMILES string of the molecule is CCN(C)S(=O)(=O)N1CC2CCC(N)C2C1.Cl. The van der Waals surface area contributed by atoms with E-state index in [2.05, 4.69) is 0 Å². The Morgan fingerprint density at radius 2 is 2.00 bits per heavy atom. The van der Waals surface area contributed by atoms with Crippen LogP contribution in [0.2, 0.25) is 0 Å². The summed E-state index contributed by atoms with van der Waals surface area (Å²) in [6.45, 7) is 3.63. The predicted octanol–water partition coefficient (Wildman–Crippen LogP) is 0.274. The zero-order valence-corrected chi connectivity index (χ0v) is 12.0. The third-order valence-electron chi connectivity index (χ3n) is 4.04. The first-order valence-electron chi connectivity index (χ1n) is 5.93. The summed E-state index contributed by atoms with van der Waals surface area (Å²) in [7, 11) is -1.61. The van der Waals surface area contributed by atoms with Crippen molar-refractivity contribution in [1.82, 2.24) is 8.61 Å². The van der Waals surface area contributed by atoms with E-state index in [9.17, 15) is 8.42 Å². The first-order chi connectivity index (χ1) is 7.46. The van der Waals surface area contributed by atoms with Crippen molar-refractivity contribution in [3.8, 4) is 0 Å². The summed E-state index contributed by atoms with van der Waals surface area (Å²) < 4.78 is 27.2. The fourth-order valence-corrected chi connectivity index (χ4v) is 4.28. The van der Waals surface area contributed by atoms with Gasteiger partial charge in [0.1, 0.15) is 0 Å². The van der Waals surface area contributed by atoms with E-state index in [1.807, 2.05) is 6.92 Å². The molecular formula is C10H22ClN3O2S. The van der Waals surface area contributed by atoms with Gasteiger partial charge in [-0.15, -0.1) is 12.4 Å². The predicted molar refractivity (Wildman–Crippen MR) is 70.2 cm³/mol. The van der Waals surface area contributed by atoms with Gasteiger partial charge in [0, 0.05) is 32.7 Å². The number of halogens is 1. The van der Waals surface area contributed by atoms with Gasteiger partial charge in [0.2, 0.25) is 0 Å². The van der Waals surface area contributed by atoms with Gasteiger partial charge in [-0.1, -0.05) is 6.92 Å². The van der Waals surface area contributed by atoms with Crippen LogP contribution in [0.5, 0.6) is 0 Å². The molecule has 0 aromatic heterocycles. The van der Waals surface area contributed by atoms with E-state index in [0.29, 0.717) is 31.5 Å². The van der Waals surface area contributed by atoms with Gasteiger partial charge in [-0.2, -0.15) is 17.0 Å². The molecule has 2 N–H and O–H groups in total. The molecule has 2 fully saturated rings. The average molecular weight is 284 g/mol. The maximum atomic E-state index is 12.1. The van der Waals surface area contributed by atoms with Crippen molar-refractivity contribution in [2.45, 2.75) is 25.8 Å². The Morgan fingerprint density at radius 1 is 1.35 bits per heavy atom. The molecule has 7 heteroatoms. The minimum absolute atomic E-state index is 0. The lowest BCUT2D eigenvalue weighted by molar-refractivity contribution is 0.381. The summed E-state index contributed by atoms with van der Waals surface area (Å²) in [6, 6.07) is 0.192. The van der Waals surface area contributed by atoms with Crippen molar-refractivity contribution in [2.75, 3.05) is 26.7 Å². The first-order valence-corrected chi connectivity index (χ1v) is 7.33. The third kappa shape index (κ3) is 2.61. The molecule has 1 saturated heterocycles. The zero-order chi connectivity index (χ0) is 11.9. The maximum absolute atomic E-state index is 12.1. The molecule has 102 valence electrons. The highest BCUT2D eigenvalue weighted by Crippen LogP contribution is 2.38. The van der Waals surface area contributed by atoms with Gasteiger partial charge in [-0.3, -0.25) is 0 Å². The lowest BCUT2D eigenvalue weighted by Crippen LogP contribution is -2.41. The van der Waals surface area contributed by atoms with E-state index in [1.165, 1.54) is 4.31 Å². The van der Waals surface area contributed by atoms with Crippen molar-refractivity contribution in [1.29, 1.82) is 0 Å². The second kappa shape index (κ2) is 5.40. The second-order valence-corrected chi connectivity index (χ2v) is 6.94. The molecule has 0 bridgehead atoms. The largest absolute Gasteiger partial charge is 0.327 e. The topological polar surface area (TPSA) is 66.6 Å². The Morgan fingerprint density at radius 3 is 2.53 bits per heavy atom. The molecule has 2 rings (SSSR count). The van der Waals surface area contributed by atoms with E-state index < -0.39 is 10.2 Å². The molecule has 1 aliphatic heterocycles. The molecule has 0 radical (unpaired) electrons. The van der Waals surface area contributed by atoms with Crippen LogP contribution in [0.4, 0.5) is 0 Å². The second-order valence-electron chi connectivity index (χ2n) is 4.90. The van der Waals surface area contributed by atoms with Crippen LogP contribution in [0, 0.1) is 11.8 Å². The molecule has 0 aromatic carbocycles. The summed E-state index contributed by atoms with van der Waals surface area (Å²) in [5.41, 5.74) is 6.00. The van der Waals surface area contributed by atoms with E-state index in [4.69, 9.17) is 5.73 Å². The molecular weight excluding hydrogens is 262 g/mol. The number of fused-ring (bicyclic) bond motifs is 1. The minimum Gasteiger partial charge on any atom is -0.327 e. The highest BCUT2D eigenvalue weighted by molar-refractivity contribution is 7.86. The van der Waals surface area contributed by atoms with Crippen LogP contribution in [-0.2, 0) is 10.2 Å². The van der Waals surface area contributed by atoms with Crippen molar-refractivity contribution >= 4 is 22.6 Å². The average Bonchev–Trinajstić information content (AvgIpc) is 2.80. The fraction of sp³-hybridized carbons (Fsp3) is 1.00. The van der Waals surface area contributed by atoms with Gasteiger partial charge in [-0.25, -0.2) is 0 Å². The van der Waals surface area contributed by atoms with E-state index >= 15 is 0 Å². The van der Waals surface area contributed by atoms with Crippen LogP contribution in [0.3, 0.4) is 0 Å². The Kier molecular flexibility index (Phi) is 4.82. The lowest BCUT2D eigenvalue weighted by Gasteiger charge is -2.24. The summed E-state index contributed by atoms with van der Waals surface area (Å²) in [4.78, 5) is 0. The van der Waals surface area contributed by atoms with Crippen LogP contribution in [0.25, 0.3) is 0 Å². The Labute approximate surface area is 110 Å². The summed E-state index contributed by atoms with van der Waals surface area (Å²) in [5, 5.41) is 0. The van der Waals surface area contributed by atoms with E-state index in [1.54, 1.807) is 11.4 Å². The Hall–Kier alpha value is 0.120. The van der Waals surface area contributed by atoms with Gasteiger partial charge in [0.25, 0.3) is 10.2 Å². The molecule has 0 aromatic rings. The molecule has 1 saturated carbocycles. The highest BCUT2D eigenvalue weighted by Gasteiger charge is 2.45. The quantitative estimate of drug-likeness (QED) is 0.809. The number of hydrogen-bond acceptors (Lipinski definition) is 3. The molecule has 1 aliphatic carbocycles. The van der Waals surface area contributed by atoms with E-state index in [0.717, 1.165) is 12.8 Å². The molecule has 3 atom stereocenters. The Bertz CT molecular complexity index is 363. The van der Waals surface area contributed by atoms with Crippen molar-refractivity contribution < 1.29 is 8.42 Å². The minimum atomic E-state index is -3.24. The smallest absolute Gasteiger partial charge is 0.281 e. The van der Waals surface area contributed by atoms with Gasteiger partial charge < -0.3 is 5.73 Å². The monoisotopic (exact) mass is 283 g/mol. The standard InChI is InChI=1S/C10H21N3O2S.ClH/c1-3-12(2)16(14,15)13-6-8-4-5-10(11)9(8)7-13;/h8-10H,3-7,11H2,1-2H3;1H. The zero-order valence-electron chi connectivity index (χ0n) is 10.4. The number of nitrogens with two attached hydrogens (primary N) is 1. The van der Waals surface area contributed by atoms with Crippen molar-refractivity contribution in [3.05, 3.63) is 0 Å². The summed E-state index contributed by atoms with van der Waals surface area (Å²) in [5.74, 6) is 0.857. The number of nitrogens with zero attached hydrogens (tertiary/aromatic N) is 2. The van der Waals surface area contributed by atoms with Crippen molar-refractivity contribution in [2.24, 2.45) is 17.6 Å². The maximum Gasteiger partial charge on any atom is 0.281 e. The summed E-state index contributed by atoms with van der Waals surface area (Å²) in [6.07, 6.45) is 2.13. The molecule has 1 heterocycles. The lowest BCUT2D eigenvalue weighted by atomic mass is 9.98. The molecule has 2 aliphatic rings. The first kappa shape index (κ1) is 15.2. The van der Waals surface area contributed by atoms with Gasteiger partial charge in [0.05, 0.1) is 0 Å². The molecule has 0 amide bonds. The highest BCUT2D eigenvalue weighted by atomic mass is 35.5. The van der Waals surface area contributed by atoms with Crippen LogP contribution < -0.4 is 5.73 Å². The van der Waals surface area contributed by atoms with Crippen molar-refractivity contribution in [3.63, 3.8) is 0 Å². The third-order valence-corrected chi connectivity index (χ3v) is 6.04. The fourth-order valence-electron chi connectivity index (χ4n) is 2.82. The van der Waals surface area contributed by atoms with Crippen LogP contribution in [0.1, 0.15) is 19.8 Å². The number of hydrogen-bond donors (Lipinski definition) is 1. The molecule has 5 nitrogen and oxygen atoms in total. The molecule has 0 spiro atoms.